The maximum absolute atomic E-state index is 13.2. The van der Waals surface area contributed by atoms with Crippen molar-refractivity contribution in [2.75, 3.05) is 11.9 Å². The molecule has 2 aromatic rings. The number of hydrogen-bond acceptors (Lipinski definition) is 6. The van der Waals surface area contributed by atoms with Crippen molar-refractivity contribution >= 4 is 46.1 Å². The average Bonchev–Trinajstić information content (AvgIpc) is 3.08. The van der Waals surface area contributed by atoms with Gasteiger partial charge in [0.05, 0.1) is 4.91 Å². The number of benzene rings is 1. The molecule has 0 radical (unpaired) electrons. The number of anilines is 1. The van der Waals surface area contributed by atoms with E-state index in [1.54, 1.807) is 22.5 Å². The van der Waals surface area contributed by atoms with Crippen molar-refractivity contribution in [2.24, 2.45) is 0 Å². The molecule has 33 heavy (non-hydrogen) atoms. The summed E-state index contributed by atoms with van der Waals surface area (Å²) in [5.74, 6) is 0.486. The van der Waals surface area contributed by atoms with Gasteiger partial charge in [-0.25, -0.2) is 0 Å². The Morgan fingerprint density at radius 1 is 1.15 bits per heavy atom. The summed E-state index contributed by atoms with van der Waals surface area (Å²) in [5.41, 5.74) is 2.09. The first-order valence-corrected chi connectivity index (χ1v) is 12.4. The maximum atomic E-state index is 13.2. The van der Waals surface area contributed by atoms with E-state index in [-0.39, 0.29) is 17.0 Å². The molecule has 0 atom stereocenters. The minimum atomic E-state index is -0.310. The van der Waals surface area contributed by atoms with Crippen molar-refractivity contribution < 1.29 is 4.79 Å². The van der Waals surface area contributed by atoms with Gasteiger partial charge in [0.25, 0.3) is 11.5 Å². The standard InChI is InChI=1S/C25H28N4O2S2/c1-4-6-13-28-22(27-16-18-10-8-7-9-11-18)19(17(3)20(15-26)23(28)30)14-21-24(31)29(12-5-2)25(32)33-21/h7-11,14,27H,4-6,12-13,16H2,1-3H3/b21-14+. The van der Waals surface area contributed by atoms with Crippen molar-refractivity contribution in [2.45, 2.75) is 53.1 Å². The van der Waals surface area contributed by atoms with Gasteiger partial charge in [0.2, 0.25) is 0 Å². The summed E-state index contributed by atoms with van der Waals surface area (Å²) in [5, 5.41) is 13.2. The van der Waals surface area contributed by atoms with Crippen LogP contribution in [0.15, 0.2) is 40.0 Å². The molecule has 0 saturated carbocycles. The molecule has 1 aromatic carbocycles. The fourth-order valence-corrected chi connectivity index (χ4v) is 5.00. The second-order valence-corrected chi connectivity index (χ2v) is 9.53. The minimum Gasteiger partial charge on any atom is -0.367 e. The number of nitrogens with zero attached hydrogens (tertiary/aromatic N) is 3. The van der Waals surface area contributed by atoms with E-state index in [0.717, 1.165) is 24.8 Å². The minimum absolute atomic E-state index is 0.103. The van der Waals surface area contributed by atoms with Crippen LogP contribution in [0.1, 0.15) is 55.4 Å². The molecule has 172 valence electrons. The lowest BCUT2D eigenvalue weighted by molar-refractivity contribution is -0.122. The number of hydrogen-bond donors (Lipinski definition) is 1. The van der Waals surface area contributed by atoms with E-state index in [9.17, 15) is 14.9 Å². The van der Waals surface area contributed by atoms with Crippen LogP contribution in [0.4, 0.5) is 5.82 Å². The monoisotopic (exact) mass is 480 g/mol. The Labute approximate surface area is 204 Å². The largest absolute Gasteiger partial charge is 0.367 e. The lowest BCUT2D eigenvalue weighted by atomic mass is 10.0. The molecule has 0 unspecified atom stereocenters. The predicted octanol–water partition coefficient (Wildman–Crippen LogP) is 5.05. The van der Waals surface area contributed by atoms with Gasteiger partial charge in [-0.3, -0.25) is 19.1 Å². The van der Waals surface area contributed by atoms with Gasteiger partial charge in [-0.1, -0.05) is 74.6 Å². The Kier molecular flexibility index (Phi) is 8.48. The van der Waals surface area contributed by atoms with Crippen LogP contribution in [0.5, 0.6) is 0 Å². The molecule has 1 aliphatic heterocycles. The molecule has 0 spiro atoms. The van der Waals surface area contributed by atoms with E-state index < -0.39 is 0 Å². The molecule has 1 saturated heterocycles. The molecule has 1 aromatic heterocycles. The highest BCUT2D eigenvalue weighted by Gasteiger charge is 2.32. The van der Waals surface area contributed by atoms with Crippen LogP contribution in [0, 0.1) is 18.3 Å². The van der Waals surface area contributed by atoms with Gasteiger partial charge in [-0.05, 0) is 37.0 Å². The zero-order chi connectivity index (χ0) is 24.0. The number of carbonyl (C=O) groups excluding carboxylic acids is 1. The third-order valence-corrected chi connectivity index (χ3v) is 6.89. The van der Waals surface area contributed by atoms with Crippen LogP contribution in [0.25, 0.3) is 6.08 Å². The predicted molar refractivity (Wildman–Crippen MR) is 139 cm³/mol. The lowest BCUT2D eigenvalue weighted by Crippen LogP contribution is -2.29. The number of unbranched alkanes of at least 4 members (excludes halogenated alkanes) is 1. The van der Waals surface area contributed by atoms with Gasteiger partial charge in [-0.15, -0.1) is 0 Å². The normalized spacial score (nSPS) is 14.7. The molecule has 0 aliphatic carbocycles. The molecular weight excluding hydrogens is 452 g/mol. The van der Waals surface area contributed by atoms with Crippen LogP contribution in [0.3, 0.4) is 0 Å². The Bertz CT molecular complexity index is 1180. The average molecular weight is 481 g/mol. The zero-order valence-electron chi connectivity index (χ0n) is 19.2. The Balaban J connectivity index is 2.16. The highest BCUT2D eigenvalue weighted by molar-refractivity contribution is 8.26. The number of thioether (sulfide) groups is 1. The first kappa shape index (κ1) is 24.7. The topological polar surface area (TPSA) is 78.1 Å². The SMILES string of the molecule is CCCCn1c(NCc2ccccc2)c(/C=C2/SC(=S)N(CCC)C2=O)c(C)c(C#N)c1=O. The third kappa shape index (κ3) is 5.37. The van der Waals surface area contributed by atoms with Crippen molar-refractivity contribution in [1.29, 1.82) is 5.26 Å². The maximum Gasteiger partial charge on any atom is 0.270 e. The van der Waals surface area contributed by atoms with Gasteiger partial charge in [0.15, 0.2) is 0 Å². The number of thiocarbonyl (C=S) groups is 1. The van der Waals surface area contributed by atoms with Crippen molar-refractivity contribution in [3.63, 3.8) is 0 Å². The van der Waals surface area contributed by atoms with E-state index in [1.807, 2.05) is 37.3 Å². The lowest BCUT2D eigenvalue weighted by Gasteiger charge is -2.20. The van der Waals surface area contributed by atoms with Gasteiger partial charge >= 0.3 is 0 Å². The number of nitriles is 1. The summed E-state index contributed by atoms with van der Waals surface area (Å²) in [6.45, 7) is 7.38. The second kappa shape index (κ2) is 11.3. The first-order valence-electron chi connectivity index (χ1n) is 11.1. The molecule has 1 fully saturated rings. The van der Waals surface area contributed by atoms with Crippen molar-refractivity contribution in [1.82, 2.24) is 9.47 Å². The summed E-state index contributed by atoms with van der Waals surface area (Å²) in [7, 11) is 0. The van der Waals surface area contributed by atoms with Crippen molar-refractivity contribution in [3.05, 3.63) is 67.8 Å². The Morgan fingerprint density at radius 2 is 1.88 bits per heavy atom. The molecule has 6 nitrogen and oxygen atoms in total. The molecule has 2 heterocycles. The van der Waals surface area contributed by atoms with E-state index >= 15 is 0 Å². The van der Waals surface area contributed by atoms with Gasteiger partial charge in [-0.2, -0.15) is 5.26 Å². The van der Waals surface area contributed by atoms with Gasteiger partial charge in [0, 0.05) is 25.2 Å². The summed E-state index contributed by atoms with van der Waals surface area (Å²) in [6, 6.07) is 12.0. The smallest absolute Gasteiger partial charge is 0.270 e. The molecule has 8 heteroatoms. The zero-order valence-corrected chi connectivity index (χ0v) is 20.8. The Morgan fingerprint density at radius 3 is 2.52 bits per heavy atom. The number of amides is 1. The van der Waals surface area contributed by atoms with Crippen LogP contribution >= 0.6 is 24.0 Å². The highest BCUT2D eigenvalue weighted by atomic mass is 32.2. The van der Waals surface area contributed by atoms with E-state index in [0.29, 0.717) is 45.8 Å². The number of aromatic nitrogens is 1. The molecular formula is C25H28N4O2S2. The first-order chi connectivity index (χ1) is 15.9. The van der Waals surface area contributed by atoms with E-state index in [1.165, 1.54) is 11.8 Å². The molecule has 3 rings (SSSR count). The molecule has 0 bridgehead atoms. The van der Waals surface area contributed by atoms with Crippen LogP contribution in [0.2, 0.25) is 0 Å². The van der Waals surface area contributed by atoms with Crippen LogP contribution in [-0.4, -0.2) is 26.2 Å². The van der Waals surface area contributed by atoms with Crippen LogP contribution < -0.4 is 10.9 Å². The molecule has 1 amide bonds. The summed E-state index contributed by atoms with van der Waals surface area (Å²) < 4.78 is 2.17. The fraction of sp³-hybridized carbons (Fsp3) is 0.360. The highest BCUT2D eigenvalue weighted by Crippen LogP contribution is 2.35. The molecule has 1 aliphatic rings. The van der Waals surface area contributed by atoms with E-state index in [2.05, 4.69) is 18.3 Å². The Hall–Kier alpha value is -2.89. The van der Waals surface area contributed by atoms with Gasteiger partial charge < -0.3 is 5.32 Å². The second-order valence-electron chi connectivity index (χ2n) is 7.86. The van der Waals surface area contributed by atoms with Crippen LogP contribution in [-0.2, 0) is 17.9 Å². The van der Waals surface area contributed by atoms with Crippen molar-refractivity contribution in [3.8, 4) is 6.07 Å². The number of rotatable bonds is 9. The summed E-state index contributed by atoms with van der Waals surface area (Å²) >= 11 is 6.67. The number of nitrogens with one attached hydrogen (secondary N) is 1. The third-order valence-electron chi connectivity index (χ3n) is 5.51. The fourth-order valence-electron chi connectivity index (χ4n) is 3.71. The quantitative estimate of drug-likeness (QED) is 0.400. The number of pyridine rings is 1. The van der Waals surface area contributed by atoms with E-state index in [4.69, 9.17) is 12.2 Å². The summed E-state index contributed by atoms with van der Waals surface area (Å²) in [4.78, 5) is 28.3. The summed E-state index contributed by atoms with van der Waals surface area (Å²) in [6.07, 6.45) is 4.29. The van der Waals surface area contributed by atoms with Gasteiger partial charge in [0.1, 0.15) is 21.8 Å². The number of carbonyl (C=O) groups is 1. The molecule has 1 N–H and O–H groups in total.